The third-order valence-electron chi connectivity index (χ3n) is 5.23. The van der Waals surface area contributed by atoms with Gasteiger partial charge in [0.25, 0.3) is 0 Å². The standard InChI is InChI=1S/C18H29N3OS/c1-4-19(5-2)10-11-20-12-16-15-8-6-7-9-17(15)23-18(16)21(13-20)14(3)22/h4-13H2,1-3H3. The Balaban J connectivity index is 1.80. The highest BCUT2D eigenvalue weighted by atomic mass is 32.1. The molecule has 1 aliphatic carbocycles. The largest absolute Gasteiger partial charge is 0.303 e. The van der Waals surface area contributed by atoms with E-state index in [0.717, 1.165) is 39.4 Å². The molecule has 0 N–H and O–H groups in total. The highest BCUT2D eigenvalue weighted by molar-refractivity contribution is 7.16. The summed E-state index contributed by atoms with van der Waals surface area (Å²) in [6, 6.07) is 0. The van der Waals surface area contributed by atoms with Gasteiger partial charge in [-0.05, 0) is 44.3 Å². The molecule has 1 aromatic heterocycles. The molecule has 23 heavy (non-hydrogen) atoms. The SMILES string of the molecule is CCN(CC)CCN1Cc2c(sc3c2CCCC3)N(C(C)=O)C1. The van der Waals surface area contributed by atoms with Crippen LogP contribution in [0.2, 0.25) is 0 Å². The van der Waals surface area contributed by atoms with Crippen molar-refractivity contribution in [2.75, 3.05) is 37.7 Å². The molecule has 1 aromatic rings. The normalized spacial score (nSPS) is 18.2. The smallest absolute Gasteiger partial charge is 0.225 e. The zero-order valence-corrected chi connectivity index (χ0v) is 15.5. The van der Waals surface area contributed by atoms with Gasteiger partial charge in [0.2, 0.25) is 5.91 Å². The summed E-state index contributed by atoms with van der Waals surface area (Å²) in [5, 5.41) is 1.24. The lowest BCUT2D eigenvalue weighted by Crippen LogP contribution is -2.46. The van der Waals surface area contributed by atoms with Gasteiger partial charge in [-0.25, -0.2) is 0 Å². The minimum Gasteiger partial charge on any atom is -0.303 e. The number of anilines is 1. The molecule has 0 saturated heterocycles. The van der Waals surface area contributed by atoms with Crippen molar-refractivity contribution in [2.24, 2.45) is 0 Å². The van der Waals surface area contributed by atoms with Gasteiger partial charge in [0.1, 0.15) is 5.00 Å². The van der Waals surface area contributed by atoms with Crippen molar-refractivity contribution in [3.05, 3.63) is 16.0 Å². The molecule has 2 aliphatic rings. The zero-order valence-electron chi connectivity index (χ0n) is 14.7. The lowest BCUT2D eigenvalue weighted by molar-refractivity contribution is -0.117. The van der Waals surface area contributed by atoms with E-state index >= 15 is 0 Å². The van der Waals surface area contributed by atoms with Crippen molar-refractivity contribution in [3.8, 4) is 0 Å². The number of hydrogen-bond acceptors (Lipinski definition) is 4. The fraction of sp³-hybridized carbons (Fsp3) is 0.722. The predicted molar refractivity (Wildman–Crippen MR) is 97.2 cm³/mol. The van der Waals surface area contributed by atoms with Crippen LogP contribution < -0.4 is 4.90 Å². The summed E-state index contributed by atoms with van der Waals surface area (Å²) < 4.78 is 0. The van der Waals surface area contributed by atoms with E-state index in [2.05, 4.69) is 23.6 Å². The Morgan fingerprint density at radius 3 is 2.61 bits per heavy atom. The molecule has 128 valence electrons. The monoisotopic (exact) mass is 335 g/mol. The molecule has 3 rings (SSSR count). The summed E-state index contributed by atoms with van der Waals surface area (Å²) in [4.78, 5) is 20.6. The van der Waals surface area contributed by atoms with Gasteiger partial charge in [-0.15, -0.1) is 11.3 Å². The number of amides is 1. The number of thiophene rings is 1. The van der Waals surface area contributed by atoms with Crippen LogP contribution in [0, 0.1) is 0 Å². The van der Waals surface area contributed by atoms with Gasteiger partial charge in [-0.1, -0.05) is 13.8 Å². The number of likely N-dealkylation sites (N-methyl/N-ethyl adjacent to an activating group) is 1. The van der Waals surface area contributed by atoms with Crippen molar-refractivity contribution >= 4 is 22.2 Å². The summed E-state index contributed by atoms with van der Waals surface area (Å²) in [6.07, 6.45) is 5.02. The minimum absolute atomic E-state index is 0.178. The van der Waals surface area contributed by atoms with Gasteiger partial charge in [0, 0.05) is 37.0 Å². The number of rotatable bonds is 5. The number of fused-ring (bicyclic) bond motifs is 3. The number of hydrogen-bond donors (Lipinski definition) is 0. The average molecular weight is 336 g/mol. The van der Waals surface area contributed by atoms with E-state index < -0.39 is 0 Å². The maximum atomic E-state index is 12.2. The van der Waals surface area contributed by atoms with E-state index in [1.807, 2.05) is 16.2 Å². The number of nitrogens with zero attached hydrogens (tertiary/aromatic N) is 3. The number of carbonyl (C=O) groups is 1. The van der Waals surface area contributed by atoms with Gasteiger partial charge in [-0.3, -0.25) is 14.6 Å². The number of aryl methyl sites for hydroxylation is 1. The van der Waals surface area contributed by atoms with Crippen molar-refractivity contribution in [3.63, 3.8) is 0 Å². The van der Waals surface area contributed by atoms with Crippen molar-refractivity contribution in [2.45, 2.75) is 53.0 Å². The third-order valence-corrected chi connectivity index (χ3v) is 6.59. The molecule has 0 saturated carbocycles. The van der Waals surface area contributed by atoms with Crippen LogP contribution in [-0.4, -0.2) is 48.6 Å². The van der Waals surface area contributed by atoms with Crippen LogP contribution in [0.4, 0.5) is 5.00 Å². The molecule has 4 nitrogen and oxygen atoms in total. The molecule has 0 spiro atoms. The van der Waals surface area contributed by atoms with Gasteiger partial charge >= 0.3 is 0 Å². The van der Waals surface area contributed by atoms with Crippen molar-refractivity contribution < 1.29 is 4.79 Å². The Morgan fingerprint density at radius 2 is 1.91 bits per heavy atom. The molecule has 1 aliphatic heterocycles. The molecule has 0 fully saturated rings. The Morgan fingerprint density at radius 1 is 1.17 bits per heavy atom. The lowest BCUT2D eigenvalue weighted by Gasteiger charge is -2.36. The second-order valence-electron chi connectivity index (χ2n) is 6.66. The maximum absolute atomic E-state index is 12.2. The van der Waals surface area contributed by atoms with E-state index in [0.29, 0.717) is 0 Å². The van der Waals surface area contributed by atoms with E-state index in [9.17, 15) is 4.79 Å². The molecule has 5 heteroatoms. The molecule has 1 amide bonds. The van der Waals surface area contributed by atoms with Crippen LogP contribution in [0.25, 0.3) is 0 Å². The highest BCUT2D eigenvalue weighted by Gasteiger charge is 2.31. The zero-order chi connectivity index (χ0) is 16.4. The van der Waals surface area contributed by atoms with Crippen LogP contribution >= 0.6 is 11.3 Å². The first-order valence-electron chi connectivity index (χ1n) is 9.00. The second-order valence-corrected chi connectivity index (χ2v) is 7.75. The van der Waals surface area contributed by atoms with Gasteiger partial charge < -0.3 is 4.90 Å². The van der Waals surface area contributed by atoms with E-state index in [-0.39, 0.29) is 5.91 Å². The number of carbonyl (C=O) groups excluding carboxylic acids is 1. The van der Waals surface area contributed by atoms with Gasteiger partial charge in [-0.2, -0.15) is 0 Å². The minimum atomic E-state index is 0.178. The Bertz CT molecular complexity index is 565. The fourth-order valence-electron chi connectivity index (χ4n) is 3.75. The Kier molecular flexibility index (Phi) is 5.39. The Labute approximate surface area is 144 Å². The van der Waals surface area contributed by atoms with Crippen LogP contribution in [0.1, 0.15) is 49.6 Å². The molecule has 0 unspecified atom stereocenters. The topological polar surface area (TPSA) is 26.8 Å². The molecule has 0 radical (unpaired) electrons. The third kappa shape index (κ3) is 3.47. The van der Waals surface area contributed by atoms with Crippen molar-refractivity contribution in [1.29, 1.82) is 0 Å². The van der Waals surface area contributed by atoms with Crippen LogP contribution in [-0.2, 0) is 24.2 Å². The molecule has 0 atom stereocenters. The maximum Gasteiger partial charge on any atom is 0.225 e. The first-order chi connectivity index (χ1) is 11.1. The van der Waals surface area contributed by atoms with Crippen LogP contribution in [0.3, 0.4) is 0 Å². The second kappa shape index (κ2) is 7.32. The van der Waals surface area contributed by atoms with Crippen LogP contribution in [0.15, 0.2) is 0 Å². The van der Waals surface area contributed by atoms with Gasteiger partial charge in [0.15, 0.2) is 0 Å². The molecule has 0 bridgehead atoms. The van der Waals surface area contributed by atoms with E-state index in [1.54, 1.807) is 12.5 Å². The molecular formula is C18H29N3OS. The van der Waals surface area contributed by atoms with Crippen LogP contribution in [0.5, 0.6) is 0 Å². The fourth-order valence-corrected chi connectivity index (χ4v) is 5.19. The van der Waals surface area contributed by atoms with E-state index in [1.165, 1.54) is 41.1 Å². The predicted octanol–water partition coefficient (Wildman–Crippen LogP) is 3.09. The first-order valence-corrected chi connectivity index (χ1v) is 9.81. The summed E-state index contributed by atoms with van der Waals surface area (Å²) in [5.41, 5.74) is 3.01. The summed E-state index contributed by atoms with van der Waals surface area (Å²) in [6.45, 7) is 12.2. The summed E-state index contributed by atoms with van der Waals surface area (Å²) in [7, 11) is 0. The first kappa shape index (κ1) is 16.9. The molecule has 2 heterocycles. The Hall–Kier alpha value is -0.910. The van der Waals surface area contributed by atoms with Gasteiger partial charge in [0.05, 0.1) is 6.67 Å². The average Bonchev–Trinajstić information content (AvgIpc) is 2.93. The highest BCUT2D eigenvalue weighted by Crippen LogP contribution is 2.42. The quantitative estimate of drug-likeness (QED) is 0.827. The van der Waals surface area contributed by atoms with Crippen molar-refractivity contribution in [1.82, 2.24) is 9.80 Å². The molecule has 0 aromatic carbocycles. The summed E-state index contributed by atoms with van der Waals surface area (Å²) >= 11 is 1.88. The van der Waals surface area contributed by atoms with E-state index in [4.69, 9.17) is 0 Å². The molecular weight excluding hydrogens is 306 g/mol. The lowest BCUT2D eigenvalue weighted by atomic mass is 9.94. The summed E-state index contributed by atoms with van der Waals surface area (Å²) in [5.74, 6) is 0.178.